The zero-order valence-corrected chi connectivity index (χ0v) is 81.4. The largest absolute Gasteiger partial charge is 0.540 e. The van der Waals surface area contributed by atoms with E-state index in [1.165, 1.54) is 36.0 Å². The number of aromatic nitrogens is 6. The fourth-order valence-electron chi connectivity index (χ4n) is 20.7. The number of carbonyl (C=O) groups is 6. The molecule has 12 aliphatic rings. The Morgan fingerprint density at radius 1 is 0.385 bits per heavy atom. The molecule has 18 rings (SSSR count). The van der Waals surface area contributed by atoms with Crippen LogP contribution in [0.15, 0.2) is 54.6 Å². The maximum atomic E-state index is 16.0. The summed E-state index contributed by atoms with van der Waals surface area (Å²) in [7, 11) is 4.47. The number of hydrogen-bond donors (Lipinski definition) is 0. The van der Waals surface area contributed by atoms with Gasteiger partial charge in [0.2, 0.25) is 35.4 Å². The normalized spacial score (nSPS) is 31.8. The van der Waals surface area contributed by atoms with E-state index < -0.39 is 184 Å². The molecule has 135 heavy (non-hydrogen) atoms. The van der Waals surface area contributed by atoms with Gasteiger partial charge in [0.15, 0.2) is 17.1 Å². The van der Waals surface area contributed by atoms with Crippen LogP contribution in [-0.4, -0.2) is 234 Å². The number of carbonyl (C=O) groups excluding carboxylic acids is 9. The van der Waals surface area contributed by atoms with E-state index in [2.05, 4.69) is 29.9 Å². The number of rotatable bonds is 9. The minimum Gasteiger partial charge on any atom is -0.540 e. The van der Waals surface area contributed by atoms with Gasteiger partial charge in [-0.15, -0.1) is 0 Å². The van der Waals surface area contributed by atoms with Gasteiger partial charge in [-0.25, -0.2) is 48.8 Å². The fraction of sp³-hybridized carbons (Fsp3) is 0.656. The van der Waals surface area contributed by atoms with Gasteiger partial charge in [0.1, 0.15) is 53.4 Å². The monoisotopic (exact) mass is 2000 g/mol. The standard InChI is InChI=1S/C33H40F2N3O7.C32H38F2N3O7.C31H36F2N3O7.3V/c1-19-25(16-39)38-15-27(19)45-30-29(36-23-11-10-21(42-3)13-24(23)37-30)33(34,35)12-5-4-7-20-8-6-9-26(20)44-28(40)14-22(31(38)41)32(2)17-43-18-32;1-18-24(15-38)37-14-25(18)43-28-27(35-22-9-8-20(41-4)11-23(22)36-28)32(33,34)10-6-5-7-19-13-31(19,3)44-26(39)12-21(29(37)40)30(2)16-42-17-30;1-17-23(14-37)36-13-25(17)43-28-27(34-21-8-7-19(40-3)11-22(21)35-28)31(32,33)9-5-4-6-18-10-24(18)42-26(38)12-20(29(36)39)30(2)15-41-16-30;;;/h10-11,13,19-20,22,25-27H,4-9,12,14-15,17-18H2,1-3H3;8-9,11,18-19,21,24-25H,5-7,10,12-14,16-17H2,1-4H3;7-8,11,17-18,20,23-25H,4-6,9-10,12-13,15-16H2,1-3H3;;;/q3*-1;;;/t19-,20+,22+,25+,26+,27-;18-,19+,21+,24+,25-,31+;17-,18+,20+,23+,24+,25-;;;/m000.../s1. The molecule has 3 amide bonds. The summed E-state index contributed by atoms with van der Waals surface area (Å²) < 4.78 is 164. The SMILES string of the molecule is COc1ccc2nc3c(nc2c1)O[C@H]1CN(C(=O)[C@H](C2(C)COC2)CC(=O)O[C@@H]2CCC[C@H]2CCCCC3(F)F)[C@H]([C-]=O)[C@@H]1C.COc1ccc2nc3c(nc2c1)O[C@H]1CN(C(=O)[C@H](C2(C)COC2)CC(=O)O[C@@H]2C[C@H]2CCCCC3(F)F)[C@H]([C-]=O)[C@@H]1C.COc1ccc2nc3c(nc2c1)O[C@H]1CN(C(=O)[C@H](C2(C)COC2)CC(=O)O[C@]2(C)C[C@H]2CCCCC3(F)F)[C@H]([C-]=O)[C@@H]1C.[V].[V].[V]. The number of fused-ring (bicyclic) bond motifs is 15. The van der Waals surface area contributed by atoms with E-state index in [1.54, 1.807) is 75.4 Å². The van der Waals surface area contributed by atoms with Gasteiger partial charge in [-0.2, -0.15) is 26.3 Å². The summed E-state index contributed by atoms with van der Waals surface area (Å²) in [5, 5.41) is 0. The Labute approximate surface area is 814 Å². The molecule has 12 heterocycles. The number of amides is 3. The van der Waals surface area contributed by atoms with Crippen LogP contribution in [0.4, 0.5) is 26.3 Å². The van der Waals surface area contributed by atoms with Crippen LogP contribution in [0.1, 0.15) is 194 Å². The van der Waals surface area contributed by atoms with E-state index >= 15 is 26.3 Å². The minimum atomic E-state index is -3.36. The van der Waals surface area contributed by atoms with Gasteiger partial charge in [-0.1, -0.05) is 78.9 Å². The fourth-order valence-corrected chi connectivity index (χ4v) is 20.7. The second-order valence-electron chi connectivity index (χ2n) is 39.4. The third kappa shape index (κ3) is 21.8. The van der Waals surface area contributed by atoms with Gasteiger partial charge >= 0.3 is 17.9 Å². The van der Waals surface area contributed by atoms with Crippen LogP contribution >= 0.6 is 0 Å². The minimum absolute atomic E-state index is 0. The molecule has 3 aliphatic carbocycles. The van der Waals surface area contributed by atoms with E-state index in [0.29, 0.717) is 91.6 Å². The molecule has 729 valence electrons. The van der Waals surface area contributed by atoms with Crippen molar-refractivity contribution in [1.29, 1.82) is 0 Å². The summed E-state index contributed by atoms with van der Waals surface area (Å²) >= 11 is 0. The summed E-state index contributed by atoms with van der Waals surface area (Å²) in [6, 6.07) is 11.3. The van der Waals surface area contributed by atoms with Crippen LogP contribution in [0.5, 0.6) is 34.9 Å². The van der Waals surface area contributed by atoms with Gasteiger partial charge in [0.25, 0.3) is 17.8 Å². The van der Waals surface area contributed by atoms with Gasteiger partial charge in [0, 0.05) is 115 Å². The van der Waals surface area contributed by atoms with Crippen molar-refractivity contribution < 1.29 is 182 Å². The molecule has 30 nitrogen and oxygen atoms in total. The molecular formula is C96H114F6N9O21V3-3. The third-order valence-corrected chi connectivity index (χ3v) is 29.7. The van der Waals surface area contributed by atoms with Crippen molar-refractivity contribution in [3.05, 3.63) is 71.7 Å². The van der Waals surface area contributed by atoms with Crippen molar-refractivity contribution >= 4 is 87.6 Å². The number of benzene rings is 3. The molecule has 6 bridgehead atoms. The smallest absolute Gasteiger partial charge is 0.307 e. The Kier molecular flexibility index (Phi) is 32.2. The van der Waals surface area contributed by atoms with E-state index in [-0.39, 0.29) is 218 Å². The zero-order valence-electron chi connectivity index (χ0n) is 77.2. The average molecular weight is 2000 g/mol. The molecule has 9 aliphatic heterocycles. The van der Waals surface area contributed by atoms with E-state index in [0.717, 1.165) is 12.8 Å². The van der Waals surface area contributed by atoms with Crippen LogP contribution in [0.2, 0.25) is 0 Å². The molecule has 0 N–H and O–H groups in total. The molecule has 6 aromatic rings. The van der Waals surface area contributed by atoms with Crippen molar-refractivity contribution in [2.75, 3.05) is 80.6 Å². The number of methoxy groups -OCH3 is 3. The Bertz CT molecular complexity index is 5380. The number of nitrogens with zero attached hydrogens (tertiary/aromatic N) is 9. The Balaban J connectivity index is 0.000000170. The van der Waals surface area contributed by atoms with Crippen LogP contribution in [0.25, 0.3) is 33.1 Å². The summed E-state index contributed by atoms with van der Waals surface area (Å²) in [6.45, 7) is 14.1. The quantitative estimate of drug-likeness (QED) is 0.0561. The number of alkyl halides is 6. The topological polar surface area (TPSA) is 351 Å². The Morgan fingerprint density at radius 3 is 1.04 bits per heavy atom. The molecule has 0 unspecified atom stereocenters. The maximum absolute atomic E-state index is 16.0. The first-order valence-electron chi connectivity index (χ1n) is 46.0. The Morgan fingerprint density at radius 2 is 0.711 bits per heavy atom. The van der Waals surface area contributed by atoms with E-state index in [1.807, 2.05) is 46.6 Å². The second-order valence-corrected chi connectivity index (χ2v) is 39.4. The van der Waals surface area contributed by atoms with Crippen molar-refractivity contribution in [2.45, 2.75) is 249 Å². The first-order chi connectivity index (χ1) is 62.9. The summed E-state index contributed by atoms with van der Waals surface area (Å²) in [5.41, 5.74) is -2.57. The number of halogens is 6. The molecule has 0 spiro atoms. The first kappa shape index (κ1) is 104. The molecular weight excluding hydrogens is 1880 g/mol. The summed E-state index contributed by atoms with van der Waals surface area (Å²) in [6.07, 6.45) is 8.83. The molecule has 18 atom stereocenters. The van der Waals surface area contributed by atoms with E-state index in [9.17, 15) is 43.2 Å². The molecule has 6 saturated heterocycles. The second kappa shape index (κ2) is 41.9. The zero-order chi connectivity index (χ0) is 93.9. The molecule has 3 aromatic heterocycles. The average Bonchev–Trinajstić information content (AvgIpc) is 1.59. The van der Waals surface area contributed by atoms with E-state index in [4.69, 9.17) is 56.8 Å². The van der Waals surface area contributed by atoms with Crippen molar-refractivity contribution in [3.8, 4) is 34.9 Å². The van der Waals surface area contributed by atoms with Gasteiger partial charge in [0.05, 0.1) is 151 Å². The van der Waals surface area contributed by atoms with Crippen molar-refractivity contribution in [2.24, 2.45) is 69.5 Å². The summed E-state index contributed by atoms with van der Waals surface area (Å²) in [5.74, 6) is -16.3. The third-order valence-electron chi connectivity index (χ3n) is 29.7. The molecule has 39 heteroatoms. The van der Waals surface area contributed by atoms with Crippen molar-refractivity contribution in [1.82, 2.24) is 44.6 Å². The first-order valence-corrected chi connectivity index (χ1v) is 46.0. The number of ether oxygens (including phenoxy) is 12. The van der Waals surface area contributed by atoms with Crippen LogP contribution < -0.4 is 28.4 Å². The number of esters is 3. The van der Waals surface area contributed by atoms with Gasteiger partial charge in [-0.3, -0.25) is 28.8 Å². The molecule has 3 saturated carbocycles. The summed E-state index contributed by atoms with van der Waals surface area (Å²) in [4.78, 5) is 149. The van der Waals surface area contributed by atoms with Gasteiger partial charge < -0.3 is 85.9 Å². The van der Waals surface area contributed by atoms with Crippen LogP contribution in [0, 0.1) is 69.5 Å². The predicted octanol–water partition coefficient (Wildman–Crippen LogP) is 13.1. The van der Waals surface area contributed by atoms with Crippen molar-refractivity contribution in [3.63, 3.8) is 0 Å². The molecule has 9 fully saturated rings. The maximum Gasteiger partial charge on any atom is 0.307 e. The number of hydrogen-bond acceptors (Lipinski definition) is 27. The van der Waals surface area contributed by atoms with Crippen LogP contribution in [-0.2, 0) is 145 Å². The molecule has 3 radical (unpaired) electrons. The predicted molar refractivity (Wildman–Crippen MR) is 459 cm³/mol. The van der Waals surface area contributed by atoms with Gasteiger partial charge in [-0.05, 0) is 144 Å². The molecule has 3 aromatic carbocycles. The van der Waals surface area contributed by atoms with Crippen LogP contribution in [0.3, 0.4) is 0 Å². The Hall–Kier alpha value is -8.48.